The number of Topliss-reactive ketones (excluding diaryl/α,β-unsaturated/α-hetero) is 2. The van der Waals surface area contributed by atoms with Crippen LogP contribution in [0.4, 0.5) is 5.69 Å². The van der Waals surface area contributed by atoms with Crippen molar-refractivity contribution in [1.82, 2.24) is 9.55 Å². The number of anilines is 1. The maximum Gasteiger partial charge on any atom is 0.264 e. The first kappa shape index (κ1) is 10.3. The molecule has 6 heteroatoms. The van der Waals surface area contributed by atoms with Gasteiger partial charge < -0.3 is 5.73 Å². The van der Waals surface area contributed by atoms with Gasteiger partial charge in [-0.15, -0.1) is 0 Å². The average molecular weight is 288 g/mol. The molecule has 21 heavy (non-hydrogen) atoms. The summed E-state index contributed by atoms with van der Waals surface area (Å²) in [6.45, 7) is 1.52. The number of carbonyl (C=O) groups excluding carboxylic acids is 2. The molecule has 6 nitrogen and oxygen atoms in total. The molecule has 0 bridgehead atoms. The van der Waals surface area contributed by atoms with E-state index in [0.29, 0.717) is 0 Å². The Balaban J connectivity index is 2.30. The van der Waals surface area contributed by atoms with Crippen LogP contribution in [0.15, 0.2) is 22.9 Å². The first-order valence-corrected chi connectivity index (χ1v) is 6.48. The predicted octanol–water partition coefficient (Wildman–Crippen LogP) is 1.15. The average Bonchev–Trinajstić information content (AvgIpc) is 2.49. The summed E-state index contributed by atoms with van der Waals surface area (Å²) < 4.78 is 24.5. The van der Waals surface area contributed by atoms with Crippen molar-refractivity contribution in [2.24, 2.45) is 0 Å². The van der Waals surface area contributed by atoms with E-state index in [4.69, 9.17) is 9.85 Å². The van der Waals surface area contributed by atoms with Gasteiger partial charge in [-0.2, -0.15) is 0 Å². The molecule has 0 aliphatic heterocycles. The molecule has 1 aromatic heterocycles. The zero-order chi connectivity index (χ0) is 17.8. The zero-order valence-electron chi connectivity index (χ0n) is 14.3. The number of benzene rings is 1. The van der Waals surface area contributed by atoms with Crippen LogP contribution >= 0.6 is 0 Å². The van der Waals surface area contributed by atoms with Crippen LogP contribution < -0.4 is 11.3 Å². The van der Waals surface area contributed by atoms with Crippen molar-refractivity contribution < 1.29 is 13.7 Å². The summed E-state index contributed by atoms with van der Waals surface area (Å²) in [5.41, 5.74) is 5.16. The number of fused-ring (bicyclic) bond motifs is 1. The Morgan fingerprint density at radius 2 is 2.19 bits per heavy atom. The van der Waals surface area contributed by atoms with Crippen molar-refractivity contribution in [2.45, 2.75) is 32.2 Å². The highest BCUT2D eigenvalue weighted by Crippen LogP contribution is 2.24. The first-order valence-electron chi connectivity index (χ1n) is 8.06. The van der Waals surface area contributed by atoms with E-state index < -0.39 is 29.6 Å². The van der Waals surface area contributed by atoms with E-state index in [0.717, 1.165) is 4.57 Å². The summed E-state index contributed by atoms with van der Waals surface area (Å²) in [5, 5.41) is -0.0793. The van der Waals surface area contributed by atoms with Gasteiger partial charge in [0, 0.05) is 13.5 Å². The molecule has 2 unspecified atom stereocenters. The van der Waals surface area contributed by atoms with Gasteiger partial charge in [0.25, 0.3) is 5.56 Å². The van der Waals surface area contributed by atoms with Crippen molar-refractivity contribution in [3.8, 4) is 0 Å². The lowest BCUT2D eigenvalue weighted by Crippen LogP contribution is -2.36. The van der Waals surface area contributed by atoms with Gasteiger partial charge in [-0.05, 0) is 25.4 Å². The Kier molecular flexibility index (Phi) is 2.35. The van der Waals surface area contributed by atoms with Gasteiger partial charge in [0.1, 0.15) is 11.6 Å². The third-order valence-corrected chi connectivity index (χ3v) is 3.60. The maximum atomic E-state index is 12.9. The highest BCUT2D eigenvalue weighted by atomic mass is 16.2. The van der Waals surface area contributed by atoms with Gasteiger partial charge in [-0.1, -0.05) is 6.07 Å². The van der Waals surface area contributed by atoms with Gasteiger partial charge >= 0.3 is 0 Å². The van der Waals surface area contributed by atoms with Crippen LogP contribution in [0.3, 0.4) is 0 Å². The minimum absolute atomic E-state index is 0.0732. The number of nitrogens with zero attached hydrogens (tertiary/aromatic N) is 2. The van der Waals surface area contributed by atoms with Crippen molar-refractivity contribution >= 4 is 28.2 Å². The number of hydrogen-bond acceptors (Lipinski definition) is 5. The van der Waals surface area contributed by atoms with Crippen molar-refractivity contribution in [2.75, 3.05) is 5.73 Å². The number of rotatable bonds is 1. The van der Waals surface area contributed by atoms with E-state index in [9.17, 15) is 14.4 Å². The van der Waals surface area contributed by atoms with Crippen LogP contribution in [0.25, 0.3) is 10.9 Å². The number of aryl methyl sites for hydroxylation is 1. The van der Waals surface area contributed by atoms with Crippen molar-refractivity contribution in [3.05, 3.63) is 34.3 Å². The molecule has 2 N–H and O–H groups in total. The Morgan fingerprint density at radius 3 is 2.95 bits per heavy atom. The van der Waals surface area contributed by atoms with E-state index in [-0.39, 0.29) is 47.3 Å². The Hall–Kier alpha value is -2.50. The molecule has 2 atom stereocenters. The molecule has 0 radical (unpaired) electrons. The summed E-state index contributed by atoms with van der Waals surface area (Å²) in [6, 6.07) is -0.0130. The third-order valence-electron chi connectivity index (χ3n) is 3.60. The van der Waals surface area contributed by atoms with E-state index >= 15 is 0 Å². The van der Waals surface area contributed by atoms with Gasteiger partial charge in [-0.3, -0.25) is 19.0 Å². The lowest BCUT2D eigenvalue weighted by Gasteiger charge is -2.24. The smallest absolute Gasteiger partial charge is 0.264 e. The van der Waals surface area contributed by atoms with Crippen LogP contribution in [0, 0.1) is 6.92 Å². The molecular formula is C15H15N3O3. The minimum Gasteiger partial charge on any atom is -0.398 e. The summed E-state index contributed by atoms with van der Waals surface area (Å²) in [6.07, 6.45) is -1.55. The fraction of sp³-hybridized carbons (Fsp3) is 0.333. The second kappa shape index (κ2) is 4.80. The van der Waals surface area contributed by atoms with Crippen molar-refractivity contribution in [3.63, 3.8) is 0 Å². The van der Waals surface area contributed by atoms with Gasteiger partial charge in [-0.25, -0.2) is 4.98 Å². The number of nitrogens with two attached hydrogens (primary N) is 1. The van der Waals surface area contributed by atoms with Crippen molar-refractivity contribution in [1.29, 1.82) is 0 Å². The molecule has 108 valence electrons. The molecule has 1 saturated carbocycles. The van der Waals surface area contributed by atoms with Crippen LogP contribution in [0.5, 0.6) is 0 Å². The molecule has 0 saturated heterocycles. The molecular weight excluding hydrogens is 270 g/mol. The normalized spacial score (nSPS) is 24.7. The molecule has 0 spiro atoms. The molecule has 0 amide bonds. The third kappa shape index (κ3) is 2.12. The van der Waals surface area contributed by atoms with E-state index in [2.05, 4.69) is 4.98 Å². The topological polar surface area (TPSA) is 95.0 Å². The highest BCUT2D eigenvalue weighted by molar-refractivity contribution is 6.03. The van der Waals surface area contributed by atoms with Crippen LogP contribution in [-0.2, 0) is 9.59 Å². The van der Waals surface area contributed by atoms with Crippen LogP contribution in [0.2, 0.25) is 0 Å². The molecule has 3 rings (SSSR count). The fourth-order valence-electron chi connectivity index (χ4n) is 2.59. The predicted molar refractivity (Wildman–Crippen MR) is 78.1 cm³/mol. The highest BCUT2D eigenvalue weighted by Gasteiger charge is 2.30. The summed E-state index contributed by atoms with van der Waals surface area (Å²) >= 11 is 0. The maximum absolute atomic E-state index is 12.9. The van der Waals surface area contributed by atoms with E-state index in [1.54, 1.807) is 0 Å². The fourth-order valence-corrected chi connectivity index (χ4v) is 2.59. The number of ketones is 2. The number of carbonyl (C=O) groups is 2. The van der Waals surface area contributed by atoms with Gasteiger partial charge in [0.15, 0.2) is 5.78 Å². The molecule has 1 aliphatic carbocycles. The summed E-state index contributed by atoms with van der Waals surface area (Å²) in [4.78, 5) is 40.8. The second-order valence-corrected chi connectivity index (χ2v) is 4.97. The lowest BCUT2D eigenvalue weighted by atomic mass is 9.92. The largest absolute Gasteiger partial charge is 0.398 e. The number of nitrogen functional groups attached to an aromatic ring is 1. The first-order chi connectivity index (χ1) is 11.2. The molecule has 2 aromatic rings. The quantitative estimate of drug-likeness (QED) is 0.627. The second-order valence-electron chi connectivity index (χ2n) is 4.97. The number of hydrogen-bond donors (Lipinski definition) is 1. The molecule has 1 aromatic carbocycles. The lowest BCUT2D eigenvalue weighted by molar-refractivity contribution is -0.132. The van der Waals surface area contributed by atoms with E-state index in [1.807, 2.05) is 0 Å². The zero-order valence-corrected chi connectivity index (χ0v) is 11.3. The van der Waals surface area contributed by atoms with Crippen LogP contribution in [0.1, 0.15) is 35.2 Å². The Labute approximate surface area is 124 Å². The number of aromatic nitrogens is 2. The van der Waals surface area contributed by atoms with Gasteiger partial charge in [0.2, 0.25) is 0 Å². The monoisotopic (exact) mass is 288 g/mol. The summed E-state index contributed by atoms with van der Waals surface area (Å²) in [7, 11) is 0. The Bertz CT molecular complexity index is 955. The van der Waals surface area contributed by atoms with Crippen LogP contribution in [-0.4, -0.2) is 21.1 Å². The molecule has 1 heterocycles. The van der Waals surface area contributed by atoms with Gasteiger partial charge in [0.05, 0.1) is 26.1 Å². The standard InChI is InChI=1S/C15H15N3O3/c1-8-17-11-4-2-3-10(16)14(11)15(21)18(8)12-6-5-9(19)7-13(12)20/h2-4,12H,5-7,16H2,1H3/i3D,4D,5D. The summed E-state index contributed by atoms with van der Waals surface area (Å²) in [5.74, 6) is -0.698. The SMILES string of the molecule is [2H]c1cc([2H])c2nc(C)n(C3CC([2H])C(=O)CC3=O)c(=O)c2c1N. The van der Waals surface area contributed by atoms with E-state index in [1.165, 1.54) is 13.0 Å². The molecule has 1 aliphatic rings. The Morgan fingerprint density at radius 1 is 1.43 bits per heavy atom. The molecule has 1 fully saturated rings. The minimum atomic E-state index is -1.07.